The van der Waals surface area contributed by atoms with Gasteiger partial charge >= 0.3 is 0 Å². The molecule has 0 spiro atoms. The van der Waals surface area contributed by atoms with Gasteiger partial charge in [0, 0.05) is 6.54 Å². The van der Waals surface area contributed by atoms with Crippen LogP contribution in [0.1, 0.15) is 36.1 Å². The van der Waals surface area contributed by atoms with Crippen molar-refractivity contribution in [2.24, 2.45) is 0 Å². The summed E-state index contributed by atoms with van der Waals surface area (Å²) in [4.78, 5) is 12.8. The number of benzene rings is 2. The van der Waals surface area contributed by atoms with E-state index in [1.807, 2.05) is 51.1 Å². The van der Waals surface area contributed by atoms with Gasteiger partial charge in [-0.1, -0.05) is 30.3 Å². The molecule has 25 heavy (non-hydrogen) atoms. The molecule has 0 saturated carbocycles. The summed E-state index contributed by atoms with van der Waals surface area (Å²) in [6, 6.07) is 11.3. The summed E-state index contributed by atoms with van der Waals surface area (Å²) in [6.07, 6.45) is 0.645. The molecular formula is C20H24ClFN2O. The number of fused-ring (bicyclic) bond motifs is 1. The van der Waals surface area contributed by atoms with Crippen LogP contribution in [0.3, 0.4) is 0 Å². The van der Waals surface area contributed by atoms with Crippen LogP contribution in [0.4, 0.5) is 10.1 Å². The molecular weight excluding hydrogens is 339 g/mol. The van der Waals surface area contributed by atoms with Crippen molar-refractivity contribution in [3.63, 3.8) is 0 Å². The van der Waals surface area contributed by atoms with Gasteiger partial charge in [-0.25, -0.2) is 4.39 Å². The van der Waals surface area contributed by atoms with E-state index in [1.165, 1.54) is 0 Å². The van der Waals surface area contributed by atoms with Crippen LogP contribution in [0.15, 0.2) is 36.4 Å². The van der Waals surface area contributed by atoms with Gasteiger partial charge < -0.3 is 10.6 Å². The van der Waals surface area contributed by atoms with Crippen LogP contribution in [0.5, 0.6) is 0 Å². The molecule has 3 nitrogen and oxygen atoms in total. The highest BCUT2D eigenvalue weighted by molar-refractivity contribution is 5.99. The Balaban J connectivity index is 0.00000225. The van der Waals surface area contributed by atoms with Gasteiger partial charge in [-0.2, -0.15) is 0 Å². The first-order valence-electron chi connectivity index (χ1n) is 8.30. The van der Waals surface area contributed by atoms with Crippen molar-refractivity contribution in [2.45, 2.75) is 39.2 Å². The van der Waals surface area contributed by atoms with Crippen molar-refractivity contribution < 1.29 is 9.18 Å². The number of anilines is 1. The molecule has 0 aromatic heterocycles. The quantitative estimate of drug-likeness (QED) is 0.862. The van der Waals surface area contributed by atoms with Gasteiger partial charge in [0.1, 0.15) is 5.82 Å². The molecule has 3 rings (SSSR count). The maximum Gasteiger partial charge on any atom is 0.234 e. The highest BCUT2D eigenvalue weighted by Crippen LogP contribution is 2.30. The molecule has 0 atom stereocenters. The summed E-state index contributed by atoms with van der Waals surface area (Å²) in [7, 11) is 0. The number of amides is 1. The summed E-state index contributed by atoms with van der Waals surface area (Å²) in [6.45, 7) is 7.15. The van der Waals surface area contributed by atoms with Crippen molar-refractivity contribution in [1.82, 2.24) is 5.32 Å². The topological polar surface area (TPSA) is 41.1 Å². The smallest absolute Gasteiger partial charge is 0.234 e. The molecule has 2 aromatic rings. The van der Waals surface area contributed by atoms with E-state index < -0.39 is 5.41 Å². The molecule has 0 saturated heterocycles. The lowest BCUT2D eigenvalue weighted by atomic mass is 9.81. The zero-order valence-electron chi connectivity index (χ0n) is 14.8. The lowest BCUT2D eigenvalue weighted by Gasteiger charge is -2.27. The van der Waals surface area contributed by atoms with Gasteiger partial charge in [-0.05, 0) is 62.1 Å². The average molecular weight is 363 g/mol. The molecule has 0 aliphatic carbocycles. The largest absolute Gasteiger partial charge is 0.323 e. The van der Waals surface area contributed by atoms with Crippen LogP contribution in [0.25, 0.3) is 0 Å². The molecule has 1 aliphatic rings. The van der Waals surface area contributed by atoms with E-state index in [0.717, 1.165) is 23.2 Å². The van der Waals surface area contributed by atoms with Crippen molar-refractivity contribution in [2.75, 3.05) is 11.9 Å². The van der Waals surface area contributed by atoms with Crippen molar-refractivity contribution in [3.8, 4) is 0 Å². The van der Waals surface area contributed by atoms with Crippen LogP contribution < -0.4 is 10.6 Å². The van der Waals surface area contributed by atoms with E-state index in [4.69, 9.17) is 0 Å². The summed E-state index contributed by atoms with van der Waals surface area (Å²) < 4.78 is 14.7. The molecule has 5 heteroatoms. The first kappa shape index (κ1) is 19.4. The molecule has 134 valence electrons. The van der Waals surface area contributed by atoms with Gasteiger partial charge in [-0.15, -0.1) is 12.4 Å². The predicted molar refractivity (Wildman–Crippen MR) is 102 cm³/mol. The molecule has 1 amide bonds. The number of carbonyl (C=O) groups is 1. The molecule has 0 bridgehead atoms. The molecule has 2 aromatic carbocycles. The Morgan fingerprint density at radius 2 is 1.92 bits per heavy atom. The molecule has 0 unspecified atom stereocenters. The van der Waals surface area contributed by atoms with E-state index in [9.17, 15) is 9.18 Å². The van der Waals surface area contributed by atoms with E-state index in [0.29, 0.717) is 18.5 Å². The lowest BCUT2D eigenvalue weighted by Crippen LogP contribution is -2.36. The summed E-state index contributed by atoms with van der Waals surface area (Å²) in [5.41, 5.74) is 3.20. The zero-order valence-corrected chi connectivity index (χ0v) is 15.6. The second kappa shape index (κ2) is 7.54. The van der Waals surface area contributed by atoms with E-state index in [-0.39, 0.29) is 29.8 Å². The van der Waals surface area contributed by atoms with E-state index >= 15 is 0 Å². The van der Waals surface area contributed by atoms with Gasteiger partial charge in [-0.3, -0.25) is 4.79 Å². The zero-order chi connectivity index (χ0) is 17.3. The Labute approximate surface area is 154 Å². The monoisotopic (exact) mass is 362 g/mol. The van der Waals surface area contributed by atoms with Crippen LogP contribution in [0.2, 0.25) is 0 Å². The van der Waals surface area contributed by atoms with Crippen molar-refractivity contribution in [3.05, 3.63) is 64.5 Å². The SMILES string of the molecule is Cc1ccccc1C(C)(C)C(=O)Nc1ccc2c(c1F)CCNC2.Cl. The van der Waals surface area contributed by atoms with Gasteiger partial charge in [0.25, 0.3) is 0 Å². The van der Waals surface area contributed by atoms with Crippen LogP contribution >= 0.6 is 12.4 Å². The normalized spacial score (nSPS) is 13.6. The third-order valence-electron chi connectivity index (χ3n) is 4.84. The Morgan fingerprint density at radius 3 is 2.64 bits per heavy atom. The minimum absolute atomic E-state index is 0. The summed E-state index contributed by atoms with van der Waals surface area (Å²) >= 11 is 0. The molecule has 0 fully saturated rings. The average Bonchev–Trinajstić information content (AvgIpc) is 2.57. The van der Waals surface area contributed by atoms with Crippen LogP contribution in [-0.2, 0) is 23.2 Å². The predicted octanol–water partition coefficient (Wildman–Crippen LogP) is 4.12. The third kappa shape index (κ3) is 3.70. The minimum atomic E-state index is -0.741. The maximum atomic E-state index is 14.7. The lowest BCUT2D eigenvalue weighted by molar-refractivity contribution is -0.120. The van der Waals surface area contributed by atoms with Gasteiger partial charge in [0.05, 0.1) is 11.1 Å². The number of hydrogen-bond donors (Lipinski definition) is 2. The van der Waals surface area contributed by atoms with Crippen LogP contribution in [0, 0.1) is 12.7 Å². The van der Waals surface area contributed by atoms with Crippen LogP contribution in [-0.4, -0.2) is 12.5 Å². The van der Waals surface area contributed by atoms with Gasteiger partial charge in [0.2, 0.25) is 5.91 Å². The second-order valence-electron chi connectivity index (χ2n) is 6.89. The Hall–Kier alpha value is -1.91. The maximum absolute atomic E-state index is 14.7. The number of carbonyl (C=O) groups excluding carboxylic acids is 1. The fourth-order valence-electron chi connectivity index (χ4n) is 3.31. The van der Waals surface area contributed by atoms with Gasteiger partial charge in [0.15, 0.2) is 0 Å². The first-order chi connectivity index (χ1) is 11.4. The Kier molecular flexibility index (Phi) is 5.86. The number of aryl methyl sites for hydroxylation is 1. The number of nitrogens with one attached hydrogen (secondary N) is 2. The van der Waals surface area contributed by atoms with Crippen molar-refractivity contribution >= 4 is 24.0 Å². The first-order valence-corrected chi connectivity index (χ1v) is 8.30. The number of hydrogen-bond acceptors (Lipinski definition) is 2. The Bertz CT molecular complexity index is 789. The fraction of sp³-hybridized carbons (Fsp3) is 0.350. The Morgan fingerprint density at radius 1 is 1.20 bits per heavy atom. The summed E-state index contributed by atoms with van der Waals surface area (Å²) in [5, 5.41) is 6.02. The third-order valence-corrected chi connectivity index (χ3v) is 4.84. The van der Waals surface area contributed by atoms with E-state index in [1.54, 1.807) is 6.07 Å². The molecule has 0 radical (unpaired) electrons. The molecule has 1 aliphatic heterocycles. The second-order valence-corrected chi connectivity index (χ2v) is 6.89. The number of halogens is 2. The highest BCUT2D eigenvalue weighted by atomic mass is 35.5. The fourth-order valence-corrected chi connectivity index (χ4v) is 3.31. The highest BCUT2D eigenvalue weighted by Gasteiger charge is 2.32. The van der Waals surface area contributed by atoms with E-state index in [2.05, 4.69) is 10.6 Å². The minimum Gasteiger partial charge on any atom is -0.323 e. The van der Waals surface area contributed by atoms with Crippen molar-refractivity contribution in [1.29, 1.82) is 0 Å². The molecule has 1 heterocycles. The standard InChI is InChI=1S/C20H23FN2O.ClH/c1-13-6-4-5-7-16(13)20(2,3)19(24)23-17-9-8-14-12-22-11-10-15(14)18(17)21;/h4-9,22H,10-12H2,1-3H3,(H,23,24);1H. The molecule has 2 N–H and O–H groups in total. The summed E-state index contributed by atoms with van der Waals surface area (Å²) in [5.74, 6) is -0.507. The number of rotatable bonds is 3.